The molecule has 2 amide bonds. The minimum absolute atomic E-state index is 0.00694. The second-order valence-corrected chi connectivity index (χ2v) is 19.8. The lowest BCUT2D eigenvalue weighted by Gasteiger charge is -2.20. The van der Waals surface area contributed by atoms with Crippen LogP contribution in [0.25, 0.3) is 0 Å². The Hall–Kier alpha value is -2.67. The molecule has 1 aliphatic heterocycles. The van der Waals surface area contributed by atoms with Crippen molar-refractivity contribution in [1.82, 2.24) is 5.06 Å². The van der Waals surface area contributed by atoms with Crippen LogP contribution in [0.3, 0.4) is 0 Å². The molecule has 1 rings (SSSR count). The molecule has 0 radical (unpaired) electrons. The van der Waals surface area contributed by atoms with Gasteiger partial charge in [0.2, 0.25) is 0 Å². The zero-order valence-corrected chi connectivity index (χ0v) is 42.4. The van der Waals surface area contributed by atoms with Crippen LogP contribution in [-0.2, 0) is 56.7 Å². The van der Waals surface area contributed by atoms with Gasteiger partial charge >= 0.3 is 25.7 Å². The van der Waals surface area contributed by atoms with Gasteiger partial charge in [0.05, 0.1) is 13.2 Å². The van der Waals surface area contributed by atoms with Crippen LogP contribution in [-0.4, -0.2) is 71.4 Å². The van der Waals surface area contributed by atoms with Gasteiger partial charge in [-0.1, -0.05) is 194 Å². The summed E-state index contributed by atoms with van der Waals surface area (Å²) in [5, 5.41) is 0.458. The summed E-state index contributed by atoms with van der Waals surface area (Å²) < 4.78 is 33.9. The Bertz CT molecular complexity index is 1330. The number of carbonyl (C=O) groups excluding carboxylic acids is 6. The number of imide groups is 1. The van der Waals surface area contributed by atoms with Crippen molar-refractivity contribution in [2.24, 2.45) is 0 Å². The number of unbranched alkanes of at least 4 members (excludes halogenated alkanes) is 28. The molecule has 1 heterocycles. The SMILES string of the molecule is CCCCCCCCCCCCCCCCCC(=O)OCC(COP(=O)(O)OCCCC(=O)CCCC(=O)ON1C(=O)CCC1=O)OC(=O)CCCCCCCCCCCCCCCCC. The highest BCUT2D eigenvalue weighted by Crippen LogP contribution is 2.43. The minimum atomic E-state index is -4.62. The maximum atomic E-state index is 12.8. The molecule has 0 bridgehead atoms. The van der Waals surface area contributed by atoms with Crippen molar-refractivity contribution in [3.05, 3.63) is 0 Å². The molecule has 1 fully saturated rings. The first-order valence-electron chi connectivity index (χ1n) is 26.5. The van der Waals surface area contributed by atoms with Crippen LogP contribution in [0.4, 0.5) is 0 Å². The van der Waals surface area contributed by atoms with Crippen LogP contribution < -0.4 is 0 Å². The number of carbonyl (C=O) groups is 6. The predicted octanol–water partition coefficient (Wildman–Crippen LogP) is 13.2. The molecule has 0 aromatic heterocycles. The zero-order valence-electron chi connectivity index (χ0n) is 41.5. The van der Waals surface area contributed by atoms with E-state index in [0.717, 1.165) is 38.5 Å². The Balaban J connectivity index is 2.38. The van der Waals surface area contributed by atoms with Crippen molar-refractivity contribution in [3.63, 3.8) is 0 Å². The smallest absolute Gasteiger partial charge is 0.462 e. The van der Waals surface area contributed by atoms with Crippen LogP contribution in [0, 0.1) is 0 Å². The molecule has 0 aliphatic carbocycles. The van der Waals surface area contributed by atoms with Gasteiger partial charge in [0.1, 0.15) is 12.4 Å². The van der Waals surface area contributed by atoms with E-state index in [9.17, 15) is 38.2 Å². The fourth-order valence-electron chi connectivity index (χ4n) is 7.92. The lowest BCUT2D eigenvalue weighted by molar-refractivity contribution is -0.197. The number of hydroxylamine groups is 2. The van der Waals surface area contributed by atoms with Crippen LogP contribution >= 0.6 is 7.82 Å². The highest BCUT2D eigenvalue weighted by Gasteiger charge is 2.33. The quantitative estimate of drug-likeness (QED) is 0.0263. The molecular weight excluding hydrogens is 866 g/mol. The van der Waals surface area contributed by atoms with Crippen molar-refractivity contribution < 1.29 is 61.6 Å². The van der Waals surface area contributed by atoms with Crippen LogP contribution in [0.5, 0.6) is 0 Å². The van der Waals surface area contributed by atoms with Gasteiger partial charge in [-0.05, 0) is 25.7 Å². The van der Waals surface area contributed by atoms with Gasteiger partial charge in [-0.15, -0.1) is 5.06 Å². The van der Waals surface area contributed by atoms with E-state index in [-0.39, 0.29) is 76.8 Å². The van der Waals surface area contributed by atoms with Gasteiger partial charge in [-0.25, -0.2) is 9.36 Å². The number of phosphoric ester groups is 1. The Morgan fingerprint density at radius 2 is 0.864 bits per heavy atom. The number of ether oxygens (including phenoxy) is 2. The van der Waals surface area contributed by atoms with E-state index >= 15 is 0 Å². The molecule has 0 aromatic rings. The second kappa shape index (κ2) is 42.4. The monoisotopic (exact) mass is 958 g/mol. The standard InChI is InChI=1S/C51H92NO13P/c1-3-5-7-9-11-13-15-17-19-21-23-25-27-29-31-37-49(56)61-43-46(64-50(57)38-32-30-28-26-24-22-20-18-16-14-12-10-8-6-4-2)44-63-66(59,60)62-42-34-36-45(53)35-33-39-51(58)65-52-47(54)40-41-48(52)55/h46H,3-44H2,1-2H3,(H,59,60). The number of rotatable bonds is 48. The van der Waals surface area contributed by atoms with Crippen molar-refractivity contribution in [1.29, 1.82) is 0 Å². The molecule has 66 heavy (non-hydrogen) atoms. The van der Waals surface area contributed by atoms with E-state index in [1.807, 2.05) is 0 Å². The second-order valence-electron chi connectivity index (χ2n) is 18.3. The molecule has 15 heteroatoms. The highest BCUT2D eigenvalue weighted by atomic mass is 31.2. The zero-order chi connectivity index (χ0) is 48.4. The van der Waals surface area contributed by atoms with Crippen molar-refractivity contribution in [2.45, 2.75) is 270 Å². The van der Waals surface area contributed by atoms with Gasteiger partial charge in [-0.3, -0.25) is 33.0 Å². The van der Waals surface area contributed by atoms with E-state index < -0.39 is 50.3 Å². The predicted molar refractivity (Wildman–Crippen MR) is 257 cm³/mol. The summed E-state index contributed by atoms with van der Waals surface area (Å²) >= 11 is 0. The fourth-order valence-corrected chi connectivity index (χ4v) is 8.71. The summed E-state index contributed by atoms with van der Waals surface area (Å²) in [6.07, 6.45) is 35.7. The molecule has 14 nitrogen and oxygen atoms in total. The molecule has 0 aromatic carbocycles. The summed E-state index contributed by atoms with van der Waals surface area (Å²) in [6.45, 7) is 3.36. The molecular formula is C51H92NO13P. The first-order valence-corrected chi connectivity index (χ1v) is 28.0. The van der Waals surface area contributed by atoms with Gasteiger partial charge in [-0.2, -0.15) is 0 Å². The summed E-state index contributed by atoms with van der Waals surface area (Å²) in [5.41, 5.74) is 0. The summed E-state index contributed by atoms with van der Waals surface area (Å²) in [7, 11) is -4.62. The molecule has 1 N–H and O–H groups in total. The Morgan fingerprint density at radius 3 is 1.30 bits per heavy atom. The largest absolute Gasteiger partial charge is 0.472 e. The van der Waals surface area contributed by atoms with Crippen LogP contribution in [0.2, 0.25) is 0 Å². The summed E-state index contributed by atoms with van der Waals surface area (Å²) in [6, 6.07) is 0. The molecule has 1 aliphatic rings. The Morgan fingerprint density at radius 1 is 0.485 bits per heavy atom. The molecule has 384 valence electrons. The van der Waals surface area contributed by atoms with Crippen LogP contribution in [0.15, 0.2) is 0 Å². The summed E-state index contributed by atoms with van der Waals surface area (Å²) in [5.74, 6) is -3.12. The van der Waals surface area contributed by atoms with Gasteiger partial charge in [0.25, 0.3) is 11.8 Å². The number of ketones is 1. The number of esters is 2. The lowest BCUT2D eigenvalue weighted by Crippen LogP contribution is -2.32. The van der Waals surface area contributed by atoms with E-state index in [2.05, 4.69) is 13.8 Å². The third-order valence-corrected chi connectivity index (χ3v) is 13.0. The maximum absolute atomic E-state index is 12.8. The molecule has 0 saturated carbocycles. The molecule has 2 unspecified atom stereocenters. The molecule has 0 spiro atoms. The molecule has 2 atom stereocenters. The maximum Gasteiger partial charge on any atom is 0.472 e. The highest BCUT2D eigenvalue weighted by molar-refractivity contribution is 7.47. The Kier molecular flexibility index (Phi) is 39.4. The first kappa shape index (κ1) is 61.3. The third-order valence-electron chi connectivity index (χ3n) is 12.0. The van der Waals surface area contributed by atoms with Gasteiger partial charge < -0.3 is 19.2 Å². The fraction of sp³-hybridized carbons (Fsp3) is 0.882. The van der Waals surface area contributed by atoms with Crippen molar-refractivity contribution in [2.75, 3.05) is 19.8 Å². The average Bonchev–Trinajstić information content (AvgIpc) is 3.60. The normalized spacial score (nSPS) is 14.1. The number of phosphoric acid groups is 1. The third kappa shape index (κ3) is 37.3. The molecule has 1 saturated heterocycles. The number of Topliss-reactive ketones (excluding diaryl/α,β-unsaturated/α-hetero) is 1. The van der Waals surface area contributed by atoms with E-state index in [0.29, 0.717) is 17.9 Å². The van der Waals surface area contributed by atoms with E-state index in [1.54, 1.807) is 0 Å². The minimum Gasteiger partial charge on any atom is -0.462 e. The number of hydrogen-bond donors (Lipinski definition) is 1. The van der Waals surface area contributed by atoms with E-state index in [4.69, 9.17) is 23.4 Å². The lowest BCUT2D eigenvalue weighted by atomic mass is 10.0. The summed E-state index contributed by atoms with van der Waals surface area (Å²) in [4.78, 5) is 88.0. The number of hydrogen-bond acceptors (Lipinski definition) is 12. The van der Waals surface area contributed by atoms with Crippen molar-refractivity contribution in [3.8, 4) is 0 Å². The number of amides is 2. The van der Waals surface area contributed by atoms with Gasteiger partial charge in [0.15, 0.2) is 6.10 Å². The van der Waals surface area contributed by atoms with Crippen molar-refractivity contribution >= 4 is 43.3 Å². The first-order chi connectivity index (χ1) is 32.0. The van der Waals surface area contributed by atoms with Crippen LogP contribution in [0.1, 0.15) is 264 Å². The average molecular weight is 958 g/mol. The number of nitrogens with zero attached hydrogens (tertiary/aromatic N) is 1. The topological polar surface area (TPSA) is 189 Å². The Labute approximate surface area is 399 Å². The van der Waals surface area contributed by atoms with Gasteiger partial charge in [0, 0.05) is 44.9 Å². The van der Waals surface area contributed by atoms with E-state index in [1.165, 1.54) is 141 Å².